The van der Waals surface area contributed by atoms with Crippen LogP contribution in [0.4, 0.5) is 13.2 Å². The van der Waals surface area contributed by atoms with E-state index in [-0.39, 0.29) is 36.2 Å². The number of nitrogens with zero attached hydrogens (tertiary/aromatic N) is 3. The third-order valence-corrected chi connectivity index (χ3v) is 9.41. The van der Waals surface area contributed by atoms with E-state index >= 15 is 0 Å². The molecule has 1 atom stereocenters. The molecule has 2 aromatic carbocycles. The molecule has 1 aromatic heterocycles. The Hall–Kier alpha value is -3.51. The lowest BCUT2D eigenvalue weighted by atomic mass is 9.83. The zero-order chi connectivity index (χ0) is 32.1. The maximum Gasteiger partial charge on any atom is 0.416 e. The predicted octanol–water partition coefficient (Wildman–Crippen LogP) is 6.69. The Morgan fingerprint density at radius 2 is 1.80 bits per heavy atom. The third-order valence-electron chi connectivity index (χ3n) is 7.71. The van der Waals surface area contributed by atoms with Gasteiger partial charge in [-0.1, -0.05) is 38.2 Å². The van der Waals surface area contributed by atoms with Crippen molar-refractivity contribution in [2.75, 3.05) is 13.2 Å². The van der Waals surface area contributed by atoms with E-state index in [1.54, 1.807) is 9.13 Å². The number of hydrogen-bond acceptors (Lipinski definition) is 5. The van der Waals surface area contributed by atoms with Crippen LogP contribution in [0.1, 0.15) is 66.4 Å². The van der Waals surface area contributed by atoms with Crippen molar-refractivity contribution < 1.29 is 37.0 Å². The maximum atomic E-state index is 13.4. The standard InChI is InChI=1S/C32H40F3N3O5Si/c1-22(39)43-16-8-15-37-27-14-13-23(26-11-5-6-12-29(26)40)20-28(27)38(21-42-17-18-44(2,3)4)31(37)36-30(41)24-9-7-10-25(19-24)32(33,34)35/h7,9-10,13-14,19-20,26H,5-6,8,11-12,15-18,21H2,1-4H3. The van der Waals surface area contributed by atoms with E-state index in [1.807, 2.05) is 18.2 Å². The molecule has 238 valence electrons. The van der Waals surface area contributed by atoms with E-state index in [9.17, 15) is 27.6 Å². The molecule has 1 unspecified atom stereocenters. The molecule has 1 amide bonds. The van der Waals surface area contributed by atoms with E-state index in [1.165, 1.54) is 19.1 Å². The monoisotopic (exact) mass is 631 g/mol. The highest BCUT2D eigenvalue weighted by atomic mass is 28.3. The van der Waals surface area contributed by atoms with Crippen LogP contribution in [0.15, 0.2) is 47.5 Å². The summed E-state index contributed by atoms with van der Waals surface area (Å²) in [4.78, 5) is 41.9. The van der Waals surface area contributed by atoms with Crippen molar-refractivity contribution >= 4 is 36.8 Å². The molecule has 12 heteroatoms. The second-order valence-electron chi connectivity index (χ2n) is 12.4. The number of benzene rings is 2. The van der Waals surface area contributed by atoms with Gasteiger partial charge in [0.05, 0.1) is 23.2 Å². The number of hydrogen-bond donors (Lipinski definition) is 0. The summed E-state index contributed by atoms with van der Waals surface area (Å²) in [5, 5.41) is 0. The summed E-state index contributed by atoms with van der Waals surface area (Å²) in [6, 6.07) is 10.8. The van der Waals surface area contributed by atoms with Crippen LogP contribution >= 0.6 is 0 Å². The number of Topliss-reactive ketones (excluding diaryl/α,β-unsaturated/α-hetero) is 1. The van der Waals surface area contributed by atoms with Gasteiger partial charge in [0.25, 0.3) is 5.91 Å². The minimum Gasteiger partial charge on any atom is -0.466 e. The summed E-state index contributed by atoms with van der Waals surface area (Å²) in [6.45, 7) is 9.01. The first-order valence-corrected chi connectivity index (χ1v) is 18.7. The second-order valence-corrected chi connectivity index (χ2v) is 18.1. The summed E-state index contributed by atoms with van der Waals surface area (Å²) >= 11 is 0. The van der Waals surface area contributed by atoms with Crippen LogP contribution in [0.5, 0.6) is 0 Å². The first-order valence-electron chi connectivity index (χ1n) is 15.0. The van der Waals surface area contributed by atoms with Gasteiger partial charge in [0.2, 0.25) is 5.62 Å². The van der Waals surface area contributed by atoms with Crippen LogP contribution in [-0.4, -0.2) is 48.1 Å². The molecular formula is C32H40F3N3O5Si. The Bertz CT molecular complexity index is 1590. The molecule has 0 bridgehead atoms. The van der Waals surface area contributed by atoms with E-state index < -0.39 is 31.7 Å². The van der Waals surface area contributed by atoms with Crippen LogP contribution in [0, 0.1) is 0 Å². The van der Waals surface area contributed by atoms with E-state index in [4.69, 9.17) is 9.47 Å². The van der Waals surface area contributed by atoms with Crippen molar-refractivity contribution in [2.45, 2.75) is 90.1 Å². The average Bonchev–Trinajstić information content (AvgIpc) is 3.23. The smallest absolute Gasteiger partial charge is 0.416 e. The molecule has 1 aliphatic carbocycles. The molecule has 3 aromatic rings. The molecule has 1 heterocycles. The average molecular weight is 632 g/mol. The summed E-state index contributed by atoms with van der Waals surface area (Å²) in [7, 11) is -1.41. The van der Waals surface area contributed by atoms with Crippen molar-refractivity contribution in [3.05, 3.63) is 64.8 Å². The third kappa shape index (κ3) is 8.56. The number of rotatable bonds is 11. The van der Waals surface area contributed by atoms with Crippen molar-refractivity contribution in [1.82, 2.24) is 9.13 Å². The van der Waals surface area contributed by atoms with Gasteiger partial charge in [-0.2, -0.15) is 18.2 Å². The van der Waals surface area contributed by atoms with E-state index in [2.05, 4.69) is 24.6 Å². The first-order chi connectivity index (χ1) is 20.7. The van der Waals surface area contributed by atoms with Gasteiger partial charge in [-0.25, -0.2) is 0 Å². The molecule has 1 saturated carbocycles. The van der Waals surface area contributed by atoms with Crippen LogP contribution < -0.4 is 5.62 Å². The molecule has 0 aliphatic heterocycles. The fraction of sp³-hybridized carbons (Fsp3) is 0.500. The summed E-state index contributed by atoms with van der Waals surface area (Å²) in [5.41, 5.74) is 1.33. The number of alkyl halides is 3. The first kappa shape index (κ1) is 33.4. The normalized spacial score (nSPS) is 16.5. The van der Waals surface area contributed by atoms with Crippen molar-refractivity contribution in [1.29, 1.82) is 0 Å². The Balaban J connectivity index is 1.85. The zero-order valence-corrected chi connectivity index (χ0v) is 26.7. The summed E-state index contributed by atoms with van der Waals surface area (Å²) in [6.07, 6.45) is -1.08. The van der Waals surface area contributed by atoms with Gasteiger partial charge < -0.3 is 14.0 Å². The number of esters is 1. The summed E-state index contributed by atoms with van der Waals surface area (Å²) < 4.78 is 55.0. The number of carbonyl (C=O) groups is 3. The molecule has 4 rings (SSSR count). The Kier molecular flexibility index (Phi) is 10.7. The highest BCUT2D eigenvalue weighted by molar-refractivity contribution is 6.76. The van der Waals surface area contributed by atoms with Gasteiger partial charge >= 0.3 is 12.1 Å². The Labute approximate surface area is 255 Å². The number of aromatic nitrogens is 2. The van der Waals surface area contributed by atoms with Crippen LogP contribution in [0.2, 0.25) is 25.7 Å². The van der Waals surface area contributed by atoms with Gasteiger partial charge in [-0.05, 0) is 61.2 Å². The number of amides is 1. The van der Waals surface area contributed by atoms with Crippen molar-refractivity contribution in [3.63, 3.8) is 0 Å². The minimum atomic E-state index is -4.61. The predicted molar refractivity (Wildman–Crippen MR) is 163 cm³/mol. The summed E-state index contributed by atoms with van der Waals surface area (Å²) in [5.74, 6) is -1.29. The van der Waals surface area contributed by atoms with Crippen LogP contribution in [0.3, 0.4) is 0 Å². The molecule has 0 N–H and O–H groups in total. The molecule has 44 heavy (non-hydrogen) atoms. The van der Waals surface area contributed by atoms with E-state index in [0.29, 0.717) is 37.0 Å². The number of carbonyl (C=O) groups excluding carboxylic acids is 3. The van der Waals surface area contributed by atoms with Gasteiger partial charge in [0, 0.05) is 46.1 Å². The lowest BCUT2D eigenvalue weighted by Gasteiger charge is -2.21. The van der Waals surface area contributed by atoms with Gasteiger partial charge in [-0.15, -0.1) is 0 Å². The Morgan fingerprint density at radius 3 is 2.48 bits per heavy atom. The second kappa shape index (κ2) is 14.1. The lowest BCUT2D eigenvalue weighted by Crippen LogP contribution is -2.30. The molecule has 1 fully saturated rings. The van der Waals surface area contributed by atoms with Crippen molar-refractivity contribution in [3.8, 4) is 0 Å². The molecular weight excluding hydrogens is 591 g/mol. The van der Waals surface area contributed by atoms with Crippen molar-refractivity contribution in [2.24, 2.45) is 4.99 Å². The van der Waals surface area contributed by atoms with Gasteiger partial charge in [-0.3, -0.25) is 19.0 Å². The number of aryl methyl sites for hydroxylation is 1. The quantitative estimate of drug-likeness (QED) is 0.134. The maximum absolute atomic E-state index is 13.4. The van der Waals surface area contributed by atoms with E-state index in [0.717, 1.165) is 43.0 Å². The number of halogens is 3. The molecule has 0 saturated heterocycles. The van der Waals surface area contributed by atoms with Gasteiger partial charge in [0.1, 0.15) is 12.5 Å². The molecule has 0 spiro atoms. The molecule has 1 aliphatic rings. The fourth-order valence-corrected chi connectivity index (χ4v) is 6.08. The fourth-order valence-electron chi connectivity index (χ4n) is 5.32. The van der Waals surface area contributed by atoms with Crippen LogP contribution in [0.25, 0.3) is 11.0 Å². The molecule has 0 radical (unpaired) electrons. The van der Waals surface area contributed by atoms with Crippen LogP contribution in [-0.2, 0) is 38.5 Å². The number of imidazole rings is 1. The Morgan fingerprint density at radius 1 is 1.02 bits per heavy atom. The zero-order valence-electron chi connectivity index (χ0n) is 25.7. The number of ether oxygens (including phenoxy) is 2. The number of fused-ring (bicyclic) bond motifs is 1. The highest BCUT2D eigenvalue weighted by Crippen LogP contribution is 2.32. The molecule has 8 nitrogen and oxygen atoms in total. The van der Waals surface area contributed by atoms with Gasteiger partial charge in [0.15, 0.2) is 0 Å². The lowest BCUT2D eigenvalue weighted by molar-refractivity contribution is -0.141. The highest BCUT2D eigenvalue weighted by Gasteiger charge is 2.31. The minimum absolute atomic E-state index is 0.0503. The largest absolute Gasteiger partial charge is 0.466 e. The SMILES string of the molecule is CC(=O)OCCCn1c(=NC(=O)c2cccc(C(F)(F)F)c2)n(COCC[Si](C)(C)C)c2cc(C3CCCCC3=O)ccc21. The number of ketones is 1. The topological polar surface area (TPSA) is 91.9 Å².